The van der Waals surface area contributed by atoms with Gasteiger partial charge in [-0.25, -0.2) is 9.97 Å². The Morgan fingerprint density at radius 1 is 1.18 bits per heavy atom. The van der Waals surface area contributed by atoms with Crippen molar-refractivity contribution in [2.75, 3.05) is 0 Å². The molecule has 0 spiro atoms. The summed E-state index contributed by atoms with van der Waals surface area (Å²) in [6.07, 6.45) is 0. The number of aryl methyl sites for hydroxylation is 1. The Kier molecular flexibility index (Phi) is 3.20. The Hall–Kier alpha value is -1.74. The van der Waals surface area contributed by atoms with Gasteiger partial charge in [-0.3, -0.25) is 4.79 Å². The van der Waals surface area contributed by atoms with E-state index in [1.54, 1.807) is 12.1 Å². The Bertz CT molecular complexity index is 564. The van der Waals surface area contributed by atoms with Crippen molar-refractivity contribution in [3.63, 3.8) is 0 Å². The summed E-state index contributed by atoms with van der Waals surface area (Å²) in [4.78, 5) is 19.6. The zero-order valence-corrected chi connectivity index (χ0v) is 10.3. The SMILES string of the molecule is CC(=O)c1nc(C)cc(-c2ccc(Cl)cc2)n1. The minimum atomic E-state index is -0.135. The lowest BCUT2D eigenvalue weighted by atomic mass is 10.1. The average molecular weight is 247 g/mol. The third-order valence-corrected chi connectivity index (χ3v) is 2.56. The van der Waals surface area contributed by atoms with Crippen LogP contribution in [0.5, 0.6) is 0 Å². The van der Waals surface area contributed by atoms with Gasteiger partial charge in [0.05, 0.1) is 5.69 Å². The molecule has 0 aliphatic rings. The zero-order chi connectivity index (χ0) is 12.4. The summed E-state index contributed by atoms with van der Waals surface area (Å²) in [7, 11) is 0. The predicted molar refractivity (Wildman–Crippen MR) is 67.2 cm³/mol. The zero-order valence-electron chi connectivity index (χ0n) is 9.57. The number of nitrogens with zero attached hydrogens (tertiary/aromatic N) is 2. The molecule has 0 N–H and O–H groups in total. The summed E-state index contributed by atoms with van der Waals surface area (Å²) < 4.78 is 0. The summed E-state index contributed by atoms with van der Waals surface area (Å²) in [6.45, 7) is 3.30. The largest absolute Gasteiger partial charge is 0.291 e. The minimum Gasteiger partial charge on any atom is -0.291 e. The molecule has 0 atom stereocenters. The number of ketones is 1. The summed E-state index contributed by atoms with van der Waals surface area (Å²) in [5, 5.41) is 0.673. The van der Waals surface area contributed by atoms with Crippen LogP contribution in [0, 0.1) is 6.92 Å². The van der Waals surface area contributed by atoms with E-state index in [2.05, 4.69) is 9.97 Å². The normalized spacial score (nSPS) is 10.3. The third-order valence-electron chi connectivity index (χ3n) is 2.31. The van der Waals surface area contributed by atoms with Crippen LogP contribution in [0.4, 0.5) is 0 Å². The molecule has 0 saturated heterocycles. The maximum Gasteiger partial charge on any atom is 0.196 e. The fourth-order valence-electron chi connectivity index (χ4n) is 1.49. The predicted octanol–water partition coefficient (Wildman–Crippen LogP) is 3.31. The van der Waals surface area contributed by atoms with Crippen molar-refractivity contribution in [2.24, 2.45) is 0 Å². The first-order valence-electron chi connectivity index (χ1n) is 5.19. The van der Waals surface area contributed by atoms with Crippen LogP contribution in [0.25, 0.3) is 11.3 Å². The average Bonchev–Trinajstić information content (AvgIpc) is 2.29. The van der Waals surface area contributed by atoms with Crippen LogP contribution in [-0.2, 0) is 0 Å². The van der Waals surface area contributed by atoms with Crippen molar-refractivity contribution in [2.45, 2.75) is 13.8 Å². The number of halogens is 1. The quantitative estimate of drug-likeness (QED) is 0.764. The number of carbonyl (C=O) groups is 1. The number of carbonyl (C=O) groups excluding carboxylic acids is 1. The Labute approximate surface area is 104 Å². The molecule has 3 nitrogen and oxygen atoms in total. The van der Waals surface area contributed by atoms with Crippen molar-refractivity contribution in [1.82, 2.24) is 9.97 Å². The number of aromatic nitrogens is 2. The van der Waals surface area contributed by atoms with Gasteiger partial charge in [-0.2, -0.15) is 0 Å². The highest BCUT2D eigenvalue weighted by Gasteiger charge is 2.07. The van der Waals surface area contributed by atoms with Crippen molar-refractivity contribution in [3.8, 4) is 11.3 Å². The molecular weight excluding hydrogens is 236 g/mol. The molecule has 0 fully saturated rings. The smallest absolute Gasteiger partial charge is 0.196 e. The molecule has 0 radical (unpaired) electrons. The lowest BCUT2D eigenvalue weighted by molar-refractivity contribution is 0.100. The Morgan fingerprint density at radius 3 is 2.41 bits per heavy atom. The fraction of sp³-hybridized carbons (Fsp3) is 0.154. The lowest BCUT2D eigenvalue weighted by Gasteiger charge is -2.04. The molecule has 0 unspecified atom stereocenters. The second-order valence-electron chi connectivity index (χ2n) is 3.78. The van der Waals surface area contributed by atoms with E-state index in [-0.39, 0.29) is 11.6 Å². The number of hydrogen-bond acceptors (Lipinski definition) is 3. The first kappa shape index (κ1) is 11.7. The van der Waals surface area contributed by atoms with Gasteiger partial charge in [0.25, 0.3) is 0 Å². The monoisotopic (exact) mass is 246 g/mol. The molecule has 1 aromatic heterocycles. The summed E-state index contributed by atoms with van der Waals surface area (Å²) in [5.41, 5.74) is 2.43. The van der Waals surface area contributed by atoms with Crippen molar-refractivity contribution < 1.29 is 4.79 Å². The standard InChI is InChI=1S/C13H11ClN2O/c1-8-7-12(16-13(15-8)9(2)17)10-3-5-11(14)6-4-10/h3-7H,1-2H3. The lowest BCUT2D eigenvalue weighted by Crippen LogP contribution is -2.03. The molecule has 1 aromatic carbocycles. The van der Waals surface area contributed by atoms with Gasteiger partial charge in [-0.05, 0) is 25.1 Å². The highest BCUT2D eigenvalue weighted by molar-refractivity contribution is 6.30. The summed E-state index contributed by atoms with van der Waals surface area (Å²) in [5.74, 6) is 0.110. The highest BCUT2D eigenvalue weighted by Crippen LogP contribution is 2.20. The first-order chi connectivity index (χ1) is 8.06. The molecule has 86 valence electrons. The molecule has 0 amide bonds. The van der Waals surface area contributed by atoms with Gasteiger partial charge >= 0.3 is 0 Å². The van der Waals surface area contributed by atoms with Crippen molar-refractivity contribution in [1.29, 1.82) is 0 Å². The Balaban J connectivity index is 2.51. The highest BCUT2D eigenvalue weighted by atomic mass is 35.5. The summed E-state index contributed by atoms with van der Waals surface area (Å²) in [6, 6.07) is 9.17. The van der Waals surface area contributed by atoms with Crippen molar-refractivity contribution in [3.05, 3.63) is 46.9 Å². The van der Waals surface area contributed by atoms with E-state index < -0.39 is 0 Å². The van der Waals surface area contributed by atoms with Gasteiger partial charge in [-0.15, -0.1) is 0 Å². The second-order valence-corrected chi connectivity index (χ2v) is 4.22. The van der Waals surface area contributed by atoms with Crippen LogP contribution < -0.4 is 0 Å². The molecule has 0 aliphatic carbocycles. The van der Waals surface area contributed by atoms with E-state index >= 15 is 0 Å². The molecular formula is C13H11ClN2O. The van der Waals surface area contributed by atoms with E-state index in [0.29, 0.717) is 5.02 Å². The molecule has 17 heavy (non-hydrogen) atoms. The van der Waals surface area contributed by atoms with Crippen LogP contribution in [0.15, 0.2) is 30.3 Å². The first-order valence-corrected chi connectivity index (χ1v) is 5.56. The number of benzene rings is 1. The maximum atomic E-state index is 11.3. The second kappa shape index (κ2) is 4.63. The van der Waals surface area contributed by atoms with Crippen LogP contribution in [0.1, 0.15) is 23.2 Å². The maximum absolute atomic E-state index is 11.3. The number of rotatable bonds is 2. The molecule has 0 bridgehead atoms. The molecule has 2 rings (SSSR count). The van der Waals surface area contributed by atoms with Gasteiger partial charge in [0.1, 0.15) is 0 Å². The molecule has 0 saturated carbocycles. The minimum absolute atomic E-state index is 0.135. The van der Waals surface area contributed by atoms with E-state index in [4.69, 9.17) is 11.6 Å². The van der Waals surface area contributed by atoms with Gasteiger partial charge in [0.15, 0.2) is 11.6 Å². The topological polar surface area (TPSA) is 42.9 Å². The third kappa shape index (κ3) is 2.68. The van der Waals surface area contributed by atoms with Crippen LogP contribution in [-0.4, -0.2) is 15.8 Å². The van der Waals surface area contributed by atoms with Gasteiger partial charge < -0.3 is 0 Å². The van der Waals surface area contributed by atoms with Crippen LogP contribution >= 0.6 is 11.6 Å². The van der Waals surface area contributed by atoms with E-state index in [1.165, 1.54) is 6.92 Å². The van der Waals surface area contributed by atoms with Crippen molar-refractivity contribution >= 4 is 17.4 Å². The summed E-state index contributed by atoms with van der Waals surface area (Å²) >= 11 is 5.83. The molecule has 0 aliphatic heterocycles. The van der Waals surface area contributed by atoms with Gasteiger partial charge in [0, 0.05) is 23.2 Å². The van der Waals surface area contributed by atoms with Gasteiger partial charge in [-0.1, -0.05) is 23.7 Å². The molecule has 4 heteroatoms. The van der Waals surface area contributed by atoms with E-state index in [1.807, 2.05) is 25.1 Å². The van der Waals surface area contributed by atoms with Crippen LogP contribution in [0.2, 0.25) is 5.02 Å². The van der Waals surface area contributed by atoms with E-state index in [0.717, 1.165) is 17.0 Å². The number of hydrogen-bond donors (Lipinski definition) is 0. The Morgan fingerprint density at radius 2 is 1.82 bits per heavy atom. The molecule has 2 aromatic rings. The van der Waals surface area contributed by atoms with Crippen LogP contribution in [0.3, 0.4) is 0 Å². The molecule has 1 heterocycles. The van der Waals surface area contributed by atoms with E-state index in [9.17, 15) is 4.79 Å². The van der Waals surface area contributed by atoms with Gasteiger partial charge in [0.2, 0.25) is 0 Å². The number of Topliss-reactive ketones (excluding diaryl/α,β-unsaturated/α-hetero) is 1. The fourth-order valence-corrected chi connectivity index (χ4v) is 1.62.